The maximum absolute atomic E-state index is 12.1. The number of nitrogens with one attached hydrogen (secondary N) is 2. The van der Waals surface area contributed by atoms with Gasteiger partial charge in [-0.15, -0.1) is 6.42 Å². The number of aromatic nitrogens is 3. The van der Waals surface area contributed by atoms with Crippen LogP contribution in [0, 0.1) is 12.3 Å². The molecule has 0 fully saturated rings. The summed E-state index contributed by atoms with van der Waals surface area (Å²) in [7, 11) is 9.58. The van der Waals surface area contributed by atoms with Crippen molar-refractivity contribution in [1.82, 2.24) is 19.4 Å². The molecular formula is C28H31N7O2. The first kappa shape index (κ1) is 25.5. The number of hydrogen-bond donors (Lipinski definition) is 2. The van der Waals surface area contributed by atoms with Crippen molar-refractivity contribution in [3.63, 3.8) is 0 Å². The molecule has 9 heteroatoms. The largest absolute Gasteiger partial charge is 0.494 e. The highest BCUT2D eigenvalue weighted by Gasteiger charge is 2.17. The summed E-state index contributed by atoms with van der Waals surface area (Å²) in [5.41, 5.74) is 4.84. The molecule has 37 heavy (non-hydrogen) atoms. The first-order chi connectivity index (χ1) is 17.8. The average molecular weight is 498 g/mol. The fourth-order valence-corrected chi connectivity index (χ4v) is 4.12. The molecule has 2 aromatic heterocycles. The van der Waals surface area contributed by atoms with Gasteiger partial charge in [0.05, 0.1) is 29.9 Å². The number of carbonyl (C=O) groups is 1. The number of rotatable bonds is 9. The summed E-state index contributed by atoms with van der Waals surface area (Å²) in [5, 5.41) is 7.16. The van der Waals surface area contributed by atoms with Crippen molar-refractivity contribution in [3.05, 3.63) is 54.9 Å². The molecule has 4 rings (SSSR count). The first-order valence-electron chi connectivity index (χ1n) is 11.8. The van der Waals surface area contributed by atoms with Crippen LogP contribution < -0.4 is 20.3 Å². The monoisotopic (exact) mass is 497 g/mol. The Morgan fingerprint density at radius 3 is 2.65 bits per heavy atom. The van der Waals surface area contributed by atoms with Gasteiger partial charge in [0.2, 0.25) is 5.95 Å². The second kappa shape index (κ2) is 11.0. The van der Waals surface area contributed by atoms with E-state index in [-0.39, 0.29) is 0 Å². The van der Waals surface area contributed by atoms with Gasteiger partial charge in [-0.1, -0.05) is 18.2 Å². The van der Waals surface area contributed by atoms with Crippen molar-refractivity contribution >= 4 is 39.8 Å². The standard InChI is InChI=1S/C28H31N7O2/c1-7-27(36)30-22-16-23(26(37-6)17-25(22)34(4)15-14-33(2)3)32-28-29-13-12-21(31-28)20-18-35(5)24-11-9-8-10-19(20)24/h1,8-13,16-18H,14-15H2,2-6H3,(H,30,36)(H,29,31,32). The third-order valence-corrected chi connectivity index (χ3v) is 6.07. The van der Waals surface area contributed by atoms with E-state index in [0.717, 1.165) is 40.9 Å². The molecule has 0 bridgehead atoms. The Labute approximate surface area is 217 Å². The lowest BCUT2D eigenvalue weighted by Crippen LogP contribution is -2.29. The number of ether oxygens (including phenoxy) is 1. The Balaban J connectivity index is 1.71. The number of hydrogen-bond acceptors (Lipinski definition) is 7. The van der Waals surface area contributed by atoms with Crippen LogP contribution in [-0.4, -0.2) is 66.7 Å². The second-order valence-electron chi connectivity index (χ2n) is 8.95. The highest BCUT2D eigenvalue weighted by Crippen LogP contribution is 2.38. The van der Waals surface area contributed by atoms with Crippen molar-refractivity contribution in [3.8, 4) is 29.4 Å². The highest BCUT2D eigenvalue weighted by molar-refractivity contribution is 6.06. The number of anilines is 4. The van der Waals surface area contributed by atoms with Gasteiger partial charge in [0.25, 0.3) is 5.91 Å². The molecule has 0 aliphatic carbocycles. The van der Waals surface area contributed by atoms with Gasteiger partial charge in [-0.05, 0) is 38.2 Å². The van der Waals surface area contributed by atoms with E-state index in [1.165, 1.54) is 0 Å². The van der Waals surface area contributed by atoms with Crippen LogP contribution in [-0.2, 0) is 11.8 Å². The molecule has 2 aromatic carbocycles. The number of terminal acetylenes is 1. The Morgan fingerprint density at radius 1 is 1.14 bits per heavy atom. The van der Waals surface area contributed by atoms with E-state index < -0.39 is 5.91 Å². The molecule has 4 aromatic rings. The van der Waals surface area contributed by atoms with Gasteiger partial charge in [-0.2, -0.15) is 0 Å². The van der Waals surface area contributed by atoms with Crippen molar-refractivity contribution < 1.29 is 9.53 Å². The molecule has 2 N–H and O–H groups in total. The fourth-order valence-electron chi connectivity index (χ4n) is 4.12. The number of amides is 1. The zero-order valence-corrected chi connectivity index (χ0v) is 21.7. The molecule has 0 spiro atoms. The lowest BCUT2D eigenvalue weighted by atomic mass is 10.1. The van der Waals surface area contributed by atoms with Crippen LogP contribution in [0.15, 0.2) is 54.9 Å². The van der Waals surface area contributed by atoms with Gasteiger partial charge in [0.15, 0.2) is 0 Å². The Bertz CT molecular complexity index is 1470. The van der Waals surface area contributed by atoms with E-state index in [4.69, 9.17) is 16.1 Å². The first-order valence-corrected chi connectivity index (χ1v) is 11.8. The van der Waals surface area contributed by atoms with E-state index in [1.54, 1.807) is 19.4 Å². The molecule has 0 saturated heterocycles. The molecule has 1 amide bonds. The number of nitrogens with zero attached hydrogens (tertiary/aromatic N) is 5. The summed E-state index contributed by atoms with van der Waals surface area (Å²) in [6, 6.07) is 13.7. The third-order valence-electron chi connectivity index (χ3n) is 6.07. The summed E-state index contributed by atoms with van der Waals surface area (Å²) in [5.74, 6) is 2.55. The highest BCUT2D eigenvalue weighted by atomic mass is 16.5. The number of methoxy groups -OCH3 is 1. The van der Waals surface area contributed by atoms with E-state index >= 15 is 0 Å². The molecule has 0 aliphatic rings. The number of carbonyl (C=O) groups excluding carboxylic acids is 1. The average Bonchev–Trinajstić information content (AvgIpc) is 3.24. The van der Waals surface area contributed by atoms with E-state index in [2.05, 4.69) is 49.3 Å². The van der Waals surface area contributed by atoms with Crippen LogP contribution in [0.5, 0.6) is 5.75 Å². The van der Waals surface area contributed by atoms with Crippen LogP contribution >= 0.6 is 0 Å². The molecule has 0 saturated carbocycles. The Morgan fingerprint density at radius 2 is 1.92 bits per heavy atom. The predicted molar refractivity (Wildman–Crippen MR) is 150 cm³/mol. The minimum atomic E-state index is -0.535. The van der Waals surface area contributed by atoms with Crippen molar-refractivity contribution in [2.45, 2.75) is 0 Å². The minimum Gasteiger partial charge on any atom is -0.494 e. The number of para-hydroxylation sites is 1. The van der Waals surface area contributed by atoms with Crippen LogP contribution in [0.25, 0.3) is 22.2 Å². The second-order valence-corrected chi connectivity index (χ2v) is 8.95. The van der Waals surface area contributed by atoms with Crippen molar-refractivity contribution in [2.24, 2.45) is 7.05 Å². The van der Waals surface area contributed by atoms with E-state index in [0.29, 0.717) is 23.1 Å². The summed E-state index contributed by atoms with van der Waals surface area (Å²) in [6.07, 6.45) is 9.10. The molecule has 0 unspecified atom stereocenters. The predicted octanol–water partition coefficient (Wildman–Crippen LogP) is 3.96. The number of likely N-dealkylation sites (N-methyl/N-ethyl adjacent to an activating group) is 2. The fraction of sp³-hybridized carbons (Fsp3) is 0.250. The quantitative estimate of drug-likeness (QED) is 0.339. The number of benzene rings is 2. The smallest absolute Gasteiger partial charge is 0.300 e. The molecule has 0 radical (unpaired) electrons. The zero-order chi connectivity index (χ0) is 26.5. The summed E-state index contributed by atoms with van der Waals surface area (Å²) in [4.78, 5) is 25.4. The number of fused-ring (bicyclic) bond motifs is 1. The molecule has 9 nitrogen and oxygen atoms in total. The third kappa shape index (κ3) is 5.66. The van der Waals surface area contributed by atoms with E-state index in [1.807, 2.05) is 57.4 Å². The Kier molecular flexibility index (Phi) is 7.60. The van der Waals surface area contributed by atoms with Crippen molar-refractivity contribution in [1.29, 1.82) is 0 Å². The maximum atomic E-state index is 12.1. The van der Waals surface area contributed by atoms with Crippen LogP contribution in [0.1, 0.15) is 0 Å². The lowest BCUT2D eigenvalue weighted by Gasteiger charge is -2.25. The summed E-state index contributed by atoms with van der Waals surface area (Å²) in [6.45, 7) is 1.56. The summed E-state index contributed by atoms with van der Waals surface area (Å²) < 4.78 is 7.76. The minimum absolute atomic E-state index is 0.395. The van der Waals surface area contributed by atoms with Crippen LogP contribution in [0.2, 0.25) is 0 Å². The van der Waals surface area contributed by atoms with Gasteiger partial charge in [-0.25, -0.2) is 9.97 Å². The van der Waals surface area contributed by atoms with Gasteiger partial charge in [-0.3, -0.25) is 4.79 Å². The zero-order valence-electron chi connectivity index (χ0n) is 21.7. The summed E-state index contributed by atoms with van der Waals surface area (Å²) >= 11 is 0. The Hall–Kier alpha value is -4.55. The molecule has 190 valence electrons. The normalized spacial score (nSPS) is 10.8. The van der Waals surface area contributed by atoms with Gasteiger partial charge in [0, 0.05) is 62.1 Å². The molecule has 2 heterocycles. The SMILES string of the molecule is C#CC(=O)Nc1cc(Nc2nccc(-c3cn(C)c4ccccc34)n2)c(OC)cc1N(C)CCN(C)C. The van der Waals surface area contributed by atoms with Crippen molar-refractivity contribution in [2.75, 3.05) is 56.9 Å². The maximum Gasteiger partial charge on any atom is 0.300 e. The van der Waals surface area contributed by atoms with Gasteiger partial charge in [0.1, 0.15) is 5.75 Å². The van der Waals surface area contributed by atoms with Gasteiger partial charge >= 0.3 is 0 Å². The molecule has 0 aliphatic heterocycles. The topological polar surface area (TPSA) is 87.5 Å². The molecule has 0 atom stereocenters. The lowest BCUT2D eigenvalue weighted by molar-refractivity contribution is -0.111. The van der Waals surface area contributed by atoms with Crippen LogP contribution in [0.3, 0.4) is 0 Å². The van der Waals surface area contributed by atoms with E-state index in [9.17, 15) is 4.79 Å². The van der Waals surface area contributed by atoms with Gasteiger partial charge < -0.3 is 29.7 Å². The van der Waals surface area contributed by atoms with Crippen LogP contribution in [0.4, 0.5) is 23.0 Å². The molecular weight excluding hydrogens is 466 g/mol. The number of aryl methyl sites for hydroxylation is 1.